The highest BCUT2D eigenvalue weighted by atomic mass is 32.2. The molecule has 1 aromatic heterocycles. The van der Waals surface area contributed by atoms with Crippen LogP contribution >= 0.6 is 0 Å². The minimum atomic E-state index is -3.77. The van der Waals surface area contributed by atoms with Gasteiger partial charge in [-0.1, -0.05) is 0 Å². The maximum atomic E-state index is 12.7. The molecule has 1 heterocycles. The zero-order valence-electron chi connectivity index (χ0n) is 16.3. The molecule has 2 aromatic carbocycles. The molecule has 0 atom stereocenters. The third-order valence-electron chi connectivity index (χ3n) is 4.77. The van der Waals surface area contributed by atoms with Gasteiger partial charge >= 0.3 is 0 Å². The molecule has 1 saturated carbocycles. The van der Waals surface area contributed by atoms with E-state index in [9.17, 15) is 13.2 Å². The zero-order chi connectivity index (χ0) is 20.8. The molecular weight excluding hydrogens is 394 g/mol. The first-order valence-corrected chi connectivity index (χ1v) is 10.6. The van der Waals surface area contributed by atoms with E-state index >= 15 is 0 Å². The number of hydrogen-bond donors (Lipinski definition) is 1. The molecule has 4 rings (SSSR count). The summed E-state index contributed by atoms with van der Waals surface area (Å²) in [5.41, 5.74) is 2.10. The number of benzene rings is 2. The number of rotatable bonds is 6. The van der Waals surface area contributed by atoms with E-state index in [1.54, 1.807) is 18.2 Å². The van der Waals surface area contributed by atoms with Crippen molar-refractivity contribution in [2.24, 2.45) is 0 Å². The highest BCUT2D eigenvalue weighted by Crippen LogP contribution is 2.40. The smallest absolute Gasteiger partial charge is 0.255 e. The minimum absolute atomic E-state index is 0.0707. The third-order valence-corrected chi connectivity index (χ3v) is 6.61. The highest BCUT2D eigenvalue weighted by Gasteiger charge is 2.29. The van der Waals surface area contributed by atoms with Crippen LogP contribution in [0.5, 0.6) is 5.75 Å². The number of nitrogens with one attached hydrogen (secondary N) is 1. The molecule has 1 amide bonds. The van der Waals surface area contributed by atoms with Crippen molar-refractivity contribution in [1.82, 2.24) is 9.29 Å². The van der Waals surface area contributed by atoms with Gasteiger partial charge in [-0.15, -0.1) is 0 Å². The van der Waals surface area contributed by atoms with Crippen molar-refractivity contribution in [3.05, 3.63) is 47.9 Å². The van der Waals surface area contributed by atoms with E-state index in [1.165, 1.54) is 39.4 Å². The molecule has 9 heteroatoms. The molecule has 152 valence electrons. The van der Waals surface area contributed by atoms with E-state index in [2.05, 4.69) is 10.3 Å². The van der Waals surface area contributed by atoms with Gasteiger partial charge in [0, 0.05) is 31.3 Å². The lowest BCUT2D eigenvalue weighted by molar-refractivity contribution is 0.102. The van der Waals surface area contributed by atoms with Gasteiger partial charge in [0.1, 0.15) is 16.2 Å². The number of nitrogens with zero attached hydrogens (tertiary/aromatic N) is 2. The molecule has 0 unspecified atom stereocenters. The van der Waals surface area contributed by atoms with Crippen molar-refractivity contribution in [2.45, 2.75) is 23.7 Å². The number of carbonyl (C=O) groups excluding carboxylic acids is 1. The standard InChI is InChI=1S/C20H21N3O5S/c1-23(2)29(25,26)18-10-13(6-8-17(18)27-3)19(24)21-14-7-9-16-15(11-14)22-20(28-16)12-4-5-12/h6-12H,4-5H2,1-3H3,(H,21,24). The molecule has 0 radical (unpaired) electrons. The van der Waals surface area contributed by atoms with Gasteiger partial charge in [0.15, 0.2) is 11.5 Å². The number of carbonyl (C=O) groups is 1. The number of fused-ring (bicyclic) bond motifs is 1. The minimum Gasteiger partial charge on any atom is -0.495 e. The third kappa shape index (κ3) is 3.70. The lowest BCUT2D eigenvalue weighted by atomic mass is 10.2. The summed E-state index contributed by atoms with van der Waals surface area (Å²) in [4.78, 5) is 17.1. The molecular formula is C20H21N3O5S. The van der Waals surface area contributed by atoms with Gasteiger partial charge in [0.05, 0.1) is 7.11 Å². The van der Waals surface area contributed by atoms with Gasteiger partial charge in [-0.25, -0.2) is 17.7 Å². The first kappa shape index (κ1) is 19.4. The Morgan fingerprint density at radius 2 is 1.97 bits per heavy atom. The first-order chi connectivity index (χ1) is 13.8. The summed E-state index contributed by atoms with van der Waals surface area (Å²) in [7, 11) is 0.453. The number of anilines is 1. The van der Waals surface area contributed by atoms with Crippen LogP contribution in [0.15, 0.2) is 45.7 Å². The van der Waals surface area contributed by atoms with Crippen molar-refractivity contribution >= 4 is 32.7 Å². The van der Waals surface area contributed by atoms with E-state index in [1.807, 2.05) is 0 Å². The van der Waals surface area contributed by atoms with Crippen molar-refractivity contribution in [1.29, 1.82) is 0 Å². The number of aromatic nitrogens is 1. The van der Waals surface area contributed by atoms with Gasteiger partial charge < -0.3 is 14.5 Å². The Morgan fingerprint density at radius 3 is 2.62 bits per heavy atom. The van der Waals surface area contributed by atoms with Gasteiger partial charge in [-0.05, 0) is 49.2 Å². The Bertz CT molecular complexity index is 1200. The Labute approximate surface area is 168 Å². The van der Waals surface area contributed by atoms with Crippen molar-refractivity contribution < 1.29 is 22.4 Å². The quantitative estimate of drug-likeness (QED) is 0.663. The lowest BCUT2D eigenvalue weighted by Crippen LogP contribution is -2.23. The van der Waals surface area contributed by atoms with E-state index in [4.69, 9.17) is 9.15 Å². The molecule has 0 bridgehead atoms. The lowest BCUT2D eigenvalue weighted by Gasteiger charge is -2.15. The summed E-state index contributed by atoms with van der Waals surface area (Å²) < 4.78 is 37.1. The predicted octanol–water partition coefficient (Wildman–Crippen LogP) is 3.22. The van der Waals surface area contributed by atoms with Crippen LogP contribution in [0.1, 0.15) is 35.0 Å². The zero-order valence-corrected chi connectivity index (χ0v) is 17.1. The van der Waals surface area contributed by atoms with Crippen LogP contribution in [-0.2, 0) is 10.0 Å². The van der Waals surface area contributed by atoms with Crippen molar-refractivity contribution in [2.75, 3.05) is 26.5 Å². The van der Waals surface area contributed by atoms with Crippen LogP contribution in [0.4, 0.5) is 5.69 Å². The number of hydrogen-bond acceptors (Lipinski definition) is 6. The SMILES string of the molecule is COc1ccc(C(=O)Nc2ccc3oc(C4CC4)nc3c2)cc1S(=O)(=O)N(C)C. The van der Waals surface area contributed by atoms with Crippen LogP contribution in [0.2, 0.25) is 0 Å². The van der Waals surface area contributed by atoms with Gasteiger partial charge in [-0.3, -0.25) is 4.79 Å². The fourth-order valence-electron chi connectivity index (χ4n) is 2.95. The normalized spacial score (nSPS) is 14.3. The van der Waals surface area contributed by atoms with Gasteiger partial charge in [0.25, 0.3) is 5.91 Å². The summed E-state index contributed by atoms with van der Waals surface area (Å²) in [6.45, 7) is 0. The number of amides is 1. The van der Waals surface area contributed by atoms with Gasteiger partial charge in [-0.2, -0.15) is 0 Å². The molecule has 0 saturated heterocycles. The molecule has 29 heavy (non-hydrogen) atoms. The maximum Gasteiger partial charge on any atom is 0.255 e. The largest absolute Gasteiger partial charge is 0.495 e. The summed E-state index contributed by atoms with van der Waals surface area (Å²) in [5, 5.41) is 2.78. The molecule has 1 N–H and O–H groups in total. The summed E-state index contributed by atoms with van der Waals surface area (Å²) >= 11 is 0. The number of sulfonamides is 1. The number of oxazole rings is 1. The van der Waals surface area contributed by atoms with Crippen LogP contribution in [0, 0.1) is 0 Å². The molecule has 8 nitrogen and oxygen atoms in total. The van der Waals surface area contributed by atoms with Crippen LogP contribution in [0.25, 0.3) is 11.1 Å². The first-order valence-electron chi connectivity index (χ1n) is 9.12. The fraction of sp³-hybridized carbons (Fsp3) is 0.300. The second kappa shape index (κ2) is 7.16. The van der Waals surface area contributed by atoms with E-state index in [0.717, 1.165) is 23.0 Å². The summed E-state index contributed by atoms with van der Waals surface area (Å²) in [6, 6.07) is 9.52. The molecule has 0 spiro atoms. The second-order valence-corrected chi connectivity index (χ2v) is 9.24. The van der Waals surface area contributed by atoms with Crippen LogP contribution in [-0.4, -0.2) is 44.8 Å². The average Bonchev–Trinajstić information content (AvgIpc) is 3.46. The van der Waals surface area contributed by atoms with E-state index in [0.29, 0.717) is 22.7 Å². The van der Waals surface area contributed by atoms with Crippen molar-refractivity contribution in [3.63, 3.8) is 0 Å². The van der Waals surface area contributed by atoms with E-state index < -0.39 is 15.9 Å². The topological polar surface area (TPSA) is 102 Å². The van der Waals surface area contributed by atoms with Gasteiger partial charge in [0.2, 0.25) is 10.0 Å². The fourth-order valence-corrected chi connectivity index (χ4v) is 4.02. The van der Waals surface area contributed by atoms with Crippen LogP contribution in [0.3, 0.4) is 0 Å². The summed E-state index contributed by atoms with van der Waals surface area (Å²) in [5.74, 6) is 0.869. The molecule has 1 aliphatic carbocycles. The Kier molecular flexibility index (Phi) is 4.79. The second-order valence-electron chi connectivity index (χ2n) is 7.12. The Morgan fingerprint density at radius 1 is 1.21 bits per heavy atom. The van der Waals surface area contributed by atoms with Crippen molar-refractivity contribution in [3.8, 4) is 5.75 Å². The predicted molar refractivity (Wildman–Crippen MR) is 108 cm³/mol. The summed E-state index contributed by atoms with van der Waals surface area (Å²) in [6.07, 6.45) is 2.18. The highest BCUT2D eigenvalue weighted by molar-refractivity contribution is 7.89. The molecule has 1 fully saturated rings. The Balaban J connectivity index is 1.62. The monoisotopic (exact) mass is 415 g/mol. The van der Waals surface area contributed by atoms with Crippen LogP contribution < -0.4 is 10.1 Å². The van der Waals surface area contributed by atoms with E-state index in [-0.39, 0.29) is 16.2 Å². The average molecular weight is 415 g/mol. The molecule has 1 aliphatic rings. The number of methoxy groups -OCH3 is 1. The maximum absolute atomic E-state index is 12.7. The Hall–Kier alpha value is -2.91. The molecule has 3 aromatic rings. The number of ether oxygens (including phenoxy) is 1. The molecule has 0 aliphatic heterocycles.